The van der Waals surface area contributed by atoms with Gasteiger partial charge < -0.3 is 5.73 Å². The van der Waals surface area contributed by atoms with E-state index in [0.29, 0.717) is 16.1 Å². The van der Waals surface area contributed by atoms with Crippen LogP contribution < -0.4 is 5.73 Å². The lowest BCUT2D eigenvalue weighted by atomic mass is 10.0. The van der Waals surface area contributed by atoms with Gasteiger partial charge in [0.05, 0.1) is 5.02 Å². The van der Waals surface area contributed by atoms with Crippen LogP contribution >= 0.6 is 11.6 Å². The Bertz CT molecular complexity index is 491. The van der Waals surface area contributed by atoms with E-state index < -0.39 is 0 Å². The maximum absolute atomic E-state index is 13.6. The molecule has 0 aliphatic rings. The van der Waals surface area contributed by atoms with Crippen LogP contribution in [0.15, 0.2) is 30.5 Å². The molecule has 2 N–H and O–H groups in total. The first-order chi connectivity index (χ1) is 7.58. The number of aromatic nitrogens is 1. The third kappa shape index (κ3) is 1.99. The van der Waals surface area contributed by atoms with Crippen LogP contribution in [0, 0.1) is 12.7 Å². The summed E-state index contributed by atoms with van der Waals surface area (Å²) in [6, 6.07) is 6.44. The normalized spacial score (nSPS) is 10.4. The summed E-state index contributed by atoms with van der Waals surface area (Å²) in [4.78, 5) is 3.90. The summed E-state index contributed by atoms with van der Waals surface area (Å²) >= 11 is 5.82. The summed E-state index contributed by atoms with van der Waals surface area (Å²) in [5.41, 5.74) is 7.60. The first-order valence-electron chi connectivity index (χ1n) is 4.75. The number of anilines is 1. The number of rotatable bonds is 1. The van der Waals surface area contributed by atoms with E-state index in [0.717, 1.165) is 5.56 Å². The van der Waals surface area contributed by atoms with Gasteiger partial charge in [-0.25, -0.2) is 9.37 Å². The Labute approximate surface area is 97.9 Å². The largest absolute Gasteiger partial charge is 0.383 e. The maximum Gasteiger partial charge on any atom is 0.131 e. The Morgan fingerprint density at radius 3 is 2.75 bits per heavy atom. The molecule has 0 aliphatic heterocycles. The molecule has 0 unspecified atom stereocenters. The van der Waals surface area contributed by atoms with Crippen LogP contribution in [0.25, 0.3) is 11.1 Å². The van der Waals surface area contributed by atoms with Crippen molar-refractivity contribution < 1.29 is 4.39 Å². The first-order valence-corrected chi connectivity index (χ1v) is 5.13. The quantitative estimate of drug-likeness (QED) is 0.824. The number of aryl methyl sites for hydroxylation is 1. The van der Waals surface area contributed by atoms with Gasteiger partial charge in [0.15, 0.2) is 0 Å². The van der Waals surface area contributed by atoms with Crippen molar-refractivity contribution in [3.05, 3.63) is 46.9 Å². The summed E-state index contributed by atoms with van der Waals surface area (Å²) in [6.07, 6.45) is 1.44. The van der Waals surface area contributed by atoms with Crippen molar-refractivity contribution in [1.82, 2.24) is 4.98 Å². The summed E-state index contributed by atoms with van der Waals surface area (Å²) in [6.45, 7) is 1.89. The van der Waals surface area contributed by atoms with E-state index in [9.17, 15) is 4.39 Å². The maximum atomic E-state index is 13.6. The zero-order valence-electron chi connectivity index (χ0n) is 8.67. The van der Waals surface area contributed by atoms with Gasteiger partial charge in [0.25, 0.3) is 0 Å². The summed E-state index contributed by atoms with van der Waals surface area (Å²) in [7, 11) is 0. The highest BCUT2D eigenvalue weighted by Gasteiger charge is 2.10. The van der Waals surface area contributed by atoms with Crippen molar-refractivity contribution in [2.45, 2.75) is 6.92 Å². The van der Waals surface area contributed by atoms with Crippen LogP contribution in [0.3, 0.4) is 0 Å². The predicted molar refractivity (Wildman–Crippen MR) is 63.8 cm³/mol. The Balaban J connectivity index is 2.66. The van der Waals surface area contributed by atoms with Gasteiger partial charge in [0.1, 0.15) is 11.6 Å². The third-order valence-electron chi connectivity index (χ3n) is 2.30. The minimum absolute atomic E-state index is 0.272. The van der Waals surface area contributed by atoms with E-state index in [4.69, 9.17) is 17.3 Å². The minimum Gasteiger partial charge on any atom is -0.383 e. The lowest BCUT2D eigenvalue weighted by Gasteiger charge is -2.07. The Morgan fingerprint density at radius 2 is 2.00 bits per heavy atom. The molecule has 82 valence electrons. The van der Waals surface area contributed by atoms with Crippen molar-refractivity contribution in [2.24, 2.45) is 0 Å². The molecule has 0 bridgehead atoms. The second kappa shape index (κ2) is 4.10. The van der Waals surface area contributed by atoms with E-state index in [-0.39, 0.29) is 11.6 Å². The van der Waals surface area contributed by atoms with Crippen molar-refractivity contribution in [2.75, 3.05) is 5.73 Å². The topological polar surface area (TPSA) is 38.9 Å². The average Bonchev–Trinajstić information content (AvgIpc) is 2.25. The van der Waals surface area contributed by atoms with Gasteiger partial charge in [-0.2, -0.15) is 0 Å². The lowest BCUT2D eigenvalue weighted by molar-refractivity contribution is 0.631. The van der Waals surface area contributed by atoms with Gasteiger partial charge in [0, 0.05) is 17.3 Å². The standard InChI is InChI=1S/C12H10ClFN2/c1-7-2-3-11(14)9(4-7)10-5-8(13)6-16-12(10)15/h2-6H,1H3,(H2,15,16). The van der Waals surface area contributed by atoms with Crippen LogP contribution in [-0.2, 0) is 0 Å². The Hall–Kier alpha value is -1.61. The van der Waals surface area contributed by atoms with Crippen LogP contribution in [0.1, 0.15) is 5.56 Å². The fourth-order valence-electron chi connectivity index (χ4n) is 1.51. The highest BCUT2D eigenvalue weighted by molar-refractivity contribution is 6.30. The van der Waals surface area contributed by atoms with Crippen LogP contribution in [0.5, 0.6) is 0 Å². The summed E-state index contributed by atoms with van der Waals surface area (Å²) in [5.74, 6) is -0.0599. The molecule has 0 aliphatic carbocycles. The zero-order chi connectivity index (χ0) is 11.7. The van der Waals surface area contributed by atoms with Crippen molar-refractivity contribution in [3.63, 3.8) is 0 Å². The Morgan fingerprint density at radius 1 is 1.25 bits per heavy atom. The molecule has 1 heterocycles. The van der Waals surface area contributed by atoms with Crippen LogP contribution in [-0.4, -0.2) is 4.98 Å². The second-order valence-corrected chi connectivity index (χ2v) is 4.01. The van der Waals surface area contributed by atoms with E-state index in [1.165, 1.54) is 12.3 Å². The molecule has 16 heavy (non-hydrogen) atoms. The molecule has 1 aromatic heterocycles. The molecular formula is C12H10ClFN2. The molecule has 0 fully saturated rings. The molecule has 1 aromatic carbocycles. The predicted octanol–water partition coefficient (Wildman–Crippen LogP) is 3.43. The van der Waals surface area contributed by atoms with Gasteiger partial charge in [-0.1, -0.05) is 23.2 Å². The zero-order valence-corrected chi connectivity index (χ0v) is 9.42. The summed E-state index contributed by atoms with van der Waals surface area (Å²) in [5, 5.41) is 0.435. The Kier molecular flexibility index (Phi) is 2.79. The van der Waals surface area contributed by atoms with E-state index in [2.05, 4.69) is 4.98 Å². The van der Waals surface area contributed by atoms with Crippen molar-refractivity contribution in [3.8, 4) is 11.1 Å². The van der Waals surface area contributed by atoms with Crippen molar-refractivity contribution >= 4 is 17.4 Å². The SMILES string of the molecule is Cc1ccc(F)c(-c2cc(Cl)cnc2N)c1. The van der Waals surface area contributed by atoms with Gasteiger partial charge in [0.2, 0.25) is 0 Å². The number of halogens is 2. The monoisotopic (exact) mass is 236 g/mol. The molecule has 0 saturated carbocycles. The fraction of sp³-hybridized carbons (Fsp3) is 0.0833. The lowest BCUT2D eigenvalue weighted by Crippen LogP contribution is -1.95. The highest BCUT2D eigenvalue weighted by Crippen LogP contribution is 2.29. The minimum atomic E-state index is -0.332. The number of nitrogen functional groups attached to an aromatic ring is 1. The number of benzene rings is 1. The van der Waals surface area contributed by atoms with E-state index in [1.54, 1.807) is 18.2 Å². The highest BCUT2D eigenvalue weighted by atomic mass is 35.5. The average molecular weight is 237 g/mol. The second-order valence-electron chi connectivity index (χ2n) is 3.57. The van der Waals surface area contributed by atoms with Gasteiger partial charge >= 0.3 is 0 Å². The molecule has 2 nitrogen and oxygen atoms in total. The number of hydrogen-bond donors (Lipinski definition) is 1. The number of nitrogens with two attached hydrogens (primary N) is 1. The molecule has 0 amide bonds. The number of hydrogen-bond acceptors (Lipinski definition) is 2. The molecular weight excluding hydrogens is 227 g/mol. The van der Waals surface area contributed by atoms with Gasteiger partial charge in [-0.15, -0.1) is 0 Å². The van der Waals surface area contributed by atoms with Crippen LogP contribution in [0.2, 0.25) is 5.02 Å². The van der Waals surface area contributed by atoms with Crippen molar-refractivity contribution in [1.29, 1.82) is 0 Å². The smallest absolute Gasteiger partial charge is 0.131 e. The molecule has 0 radical (unpaired) electrons. The fourth-order valence-corrected chi connectivity index (χ4v) is 1.67. The van der Waals surface area contributed by atoms with E-state index >= 15 is 0 Å². The van der Waals surface area contributed by atoms with E-state index in [1.807, 2.05) is 6.92 Å². The molecule has 4 heteroatoms. The number of nitrogens with zero attached hydrogens (tertiary/aromatic N) is 1. The van der Waals surface area contributed by atoms with Gasteiger partial charge in [-0.05, 0) is 25.1 Å². The molecule has 2 aromatic rings. The molecule has 2 rings (SSSR count). The molecule has 0 atom stereocenters. The summed E-state index contributed by atoms with van der Waals surface area (Å²) < 4.78 is 13.6. The molecule has 0 saturated heterocycles. The number of pyridine rings is 1. The van der Waals surface area contributed by atoms with Crippen LogP contribution in [0.4, 0.5) is 10.2 Å². The molecule has 0 spiro atoms. The first kappa shape index (κ1) is 10.9. The van der Waals surface area contributed by atoms with Gasteiger partial charge in [-0.3, -0.25) is 0 Å². The third-order valence-corrected chi connectivity index (χ3v) is 2.50.